The van der Waals surface area contributed by atoms with Crippen LogP contribution in [0, 0.1) is 12.7 Å². The number of carbonyl (C=O) groups is 1. The number of ether oxygens (including phenoxy) is 2. The van der Waals surface area contributed by atoms with Crippen LogP contribution in [0.15, 0.2) is 88.2 Å². The third-order valence-electron chi connectivity index (χ3n) is 8.25. The summed E-state index contributed by atoms with van der Waals surface area (Å²) in [5.74, 6) is -3.67. The van der Waals surface area contributed by atoms with E-state index in [-0.39, 0.29) is 31.0 Å². The molecule has 5 aromatic rings. The summed E-state index contributed by atoms with van der Waals surface area (Å²) in [4.78, 5) is 13.4. The molecule has 264 valence electrons. The van der Waals surface area contributed by atoms with Gasteiger partial charge in [-0.25, -0.2) is 12.8 Å². The number of fused-ring (bicyclic) bond motifs is 1. The van der Waals surface area contributed by atoms with Crippen molar-refractivity contribution < 1.29 is 49.8 Å². The molecule has 0 aliphatic carbocycles. The van der Waals surface area contributed by atoms with Gasteiger partial charge in [-0.15, -0.1) is 0 Å². The Morgan fingerprint density at radius 2 is 1.68 bits per heavy atom. The van der Waals surface area contributed by atoms with Crippen LogP contribution in [0.4, 0.5) is 17.6 Å². The van der Waals surface area contributed by atoms with Gasteiger partial charge in [0.15, 0.2) is 15.6 Å². The number of aliphatic hydroxyl groups excluding tert-OH is 1. The first-order valence-corrected chi connectivity index (χ1v) is 17.2. The lowest BCUT2D eigenvalue weighted by molar-refractivity contribution is -0.153. The molecule has 0 saturated carbocycles. The van der Waals surface area contributed by atoms with Gasteiger partial charge < -0.3 is 19.0 Å². The van der Waals surface area contributed by atoms with Crippen LogP contribution in [-0.2, 0) is 51.8 Å². The van der Waals surface area contributed by atoms with Crippen molar-refractivity contribution in [3.8, 4) is 16.9 Å². The van der Waals surface area contributed by atoms with Crippen LogP contribution in [0.1, 0.15) is 40.7 Å². The zero-order valence-corrected chi connectivity index (χ0v) is 28.3. The average Bonchev–Trinajstić information content (AvgIpc) is 3.55. The maximum atomic E-state index is 15.2. The van der Waals surface area contributed by atoms with Crippen molar-refractivity contribution in [1.82, 2.24) is 4.90 Å². The second-order valence-corrected chi connectivity index (χ2v) is 13.6. The van der Waals surface area contributed by atoms with Gasteiger partial charge in [-0.1, -0.05) is 48.5 Å². The molecule has 4 aromatic carbocycles. The fourth-order valence-corrected chi connectivity index (χ4v) is 7.22. The molecule has 0 fully saturated rings. The quantitative estimate of drug-likeness (QED) is 0.0983. The minimum atomic E-state index is -4.64. The topological polar surface area (TPSA) is 106 Å². The zero-order valence-electron chi connectivity index (χ0n) is 27.5. The average molecular weight is 714 g/mol. The number of hydrogen-bond donors (Lipinski definition) is 1. The van der Waals surface area contributed by atoms with Crippen LogP contribution in [0.5, 0.6) is 5.75 Å². The summed E-state index contributed by atoms with van der Waals surface area (Å²) >= 11 is 0. The van der Waals surface area contributed by atoms with Gasteiger partial charge in [-0.3, -0.25) is 9.69 Å². The fraction of sp³-hybridized carbons (Fsp3) is 0.270. The SMILES string of the molecule is CCOC(=O)CS(=O)(=O)c1cc(-c2ccc(CN(Cc3ccc(C(F)(F)F)o3)Cc3c(C)ccc4ccccc34)c(OC)c2)cc(F)c1CO. The van der Waals surface area contributed by atoms with Crippen LogP contribution >= 0.6 is 0 Å². The summed E-state index contributed by atoms with van der Waals surface area (Å²) in [6.45, 7) is 3.09. The summed E-state index contributed by atoms with van der Waals surface area (Å²) in [5, 5.41) is 11.8. The molecule has 0 aliphatic heterocycles. The lowest BCUT2D eigenvalue weighted by Gasteiger charge is -2.25. The standard InChI is InChI=1S/C37H35F4NO7S/c1-4-48-36(44)22-50(45,46)34-17-27(15-32(38)31(34)21-43)25-11-12-26(33(16-25)47-3)18-42(19-28-13-14-35(49-28)37(39,40)41)20-30-23(2)9-10-24-7-5-6-8-29(24)30/h5-17,43H,4,18-22H2,1-3H3. The van der Waals surface area contributed by atoms with E-state index in [1.807, 2.05) is 48.2 Å². The number of esters is 1. The highest BCUT2D eigenvalue weighted by Gasteiger charge is 2.35. The van der Waals surface area contributed by atoms with E-state index in [0.29, 0.717) is 23.4 Å². The van der Waals surface area contributed by atoms with Crippen molar-refractivity contribution in [1.29, 1.82) is 0 Å². The molecule has 8 nitrogen and oxygen atoms in total. The lowest BCUT2D eigenvalue weighted by atomic mass is 9.98. The molecule has 5 rings (SSSR count). The molecule has 1 aromatic heterocycles. The Balaban J connectivity index is 1.52. The van der Waals surface area contributed by atoms with Gasteiger partial charge >= 0.3 is 12.1 Å². The molecule has 0 unspecified atom stereocenters. The number of aliphatic hydroxyl groups is 1. The number of hydrogen-bond acceptors (Lipinski definition) is 8. The number of rotatable bonds is 13. The van der Waals surface area contributed by atoms with E-state index in [4.69, 9.17) is 13.9 Å². The largest absolute Gasteiger partial charge is 0.496 e. The van der Waals surface area contributed by atoms with E-state index in [1.165, 1.54) is 26.2 Å². The third-order valence-corrected chi connectivity index (χ3v) is 9.90. The third kappa shape index (κ3) is 8.18. The summed E-state index contributed by atoms with van der Waals surface area (Å²) in [6.07, 6.45) is -4.64. The summed E-state index contributed by atoms with van der Waals surface area (Å²) in [6, 6.07) is 21.2. The van der Waals surface area contributed by atoms with E-state index < -0.39 is 56.4 Å². The van der Waals surface area contributed by atoms with Crippen molar-refractivity contribution in [2.75, 3.05) is 19.5 Å². The van der Waals surface area contributed by atoms with Crippen LogP contribution in [0.3, 0.4) is 0 Å². The fourth-order valence-electron chi connectivity index (χ4n) is 5.82. The van der Waals surface area contributed by atoms with Crippen LogP contribution in [0.2, 0.25) is 0 Å². The summed E-state index contributed by atoms with van der Waals surface area (Å²) < 4.78 is 97.2. The van der Waals surface area contributed by atoms with Crippen molar-refractivity contribution in [3.05, 3.63) is 118 Å². The molecule has 0 aliphatic rings. The van der Waals surface area contributed by atoms with Crippen molar-refractivity contribution >= 4 is 26.6 Å². The van der Waals surface area contributed by atoms with Gasteiger partial charge in [0.25, 0.3) is 0 Å². The van der Waals surface area contributed by atoms with Gasteiger partial charge in [0.2, 0.25) is 5.76 Å². The molecule has 0 bridgehead atoms. The number of methoxy groups -OCH3 is 1. The Morgan fingerprint density at radius 1 is 0.920 bits per heavy atom. The number of benzene rings is 4. The highest BCUT2D eigenvalue weighted by molar-refractivity contribution is 7.92. The first kappa shape index (κ1) is 36.6. The first-order chi connectivity index (χ1) is 23.7. The molecule has 0 atom stereocenters. The number of alkyl halides is 3. The molecule has 0 spiro atoms. The van der Waals surface area contributed by atoms with Gasteiger partial charge in [-0.2, -0.15) is 13.2 Å². The Bertz CT molecular complexity index is 2130. The smallest absolute Gasteiger partial charge is 0.449 e. The van der Waals surface area contributed by atoms with Crippen molar-refractivity contribution in [3.63, 3.8) is 0 Å². The van der Waals surface area contributed by atoms with Crippen LogP contribution < -0.4 is 4.74 Å². The predicted octanol–water partition coefficient (Wildman–Crippen LogP) is 7.61. The van der Waals surface area contributed by atoms with Crippen molar-refractivity contribution in [2.45, 2.75) is 51.2 Å². The minimum absolute atomic E-state index is 0.0269. The molecular formula is C37H35F4NO7S. The van der Waals surface area contributed by atoms with E-state index in [2.05, 4.69) is 0 Å². The molecule has 50 heavy (non-hydrogen) atoms. The maximum Gasteiger partial charge on any atom is 0.449 e. The first-order valence-electron chi connectivity index (χ1n) is 15.6. The summed E-state index contributed by atoms with van der Waals surface area (Å²) in [5.41, 5.74) is 2.65. The Labute approximate surface area is 286 Å². The molecule has 1 N–H and O–H groups in total. The van der Waals surface area contributed by atoms with Crippen molar-refractivity contribution in [2.24, 2.45) is 0 Å². The molecule has 13 heteroatoms. The lowest BCUT2D eigenvalue weighted by Crippen LogP contribution is -2.23. The monoisotopic (exact) mass is 713 g/mol. The number of furan rings is 1. The minimum Gasteiger partial charge on any atom is -0.496 e. The molecule has 0 saturated heterocycles. The molecular weight excluding hydrogens is 678 g/mol. The predicted molar refractivity (Wildman–Crippen MR) is 178 cm³/mol. The Hall–Kier alpha value is -4.72. The molecule has 1 heterocycles. The van der Waals surface area contributed by atoms with E-state index in [0.717, 1.165) is 34.0 Å². The number of halogens is 4. The number of nitrogens with zero attached hydrogens (tertiary/aromatic N) is 1. The highest BCUT2D eigenvalue weighted by Crippen LogP contribution is 2.35. The van der Waals surface area contributed by atoms with Crippen LogP contribution in [0.25, 0.3) is 21.9 Å². The maximum absolute atomic E-state index is 15.2. The molecule has 0 amide bonds. The van der Waals surface area contributed by atoms with Gasteiger partial charge in [0.05, 0.1) is 31.8 Å². The summed E-state index contributed by atoms with van der Waals surface area (Å²) in [7, 11) is -2.97. The van der Waals surface area contributed by atoms with E-state index in [9.17, 15) is 31.5 Å². The zero-order chi connectivity index (χ0) is 36.2. The Kier molecular flexibility index (Phi) is 11.0. The normalized spacial score (nSPS) is 12.1. The molecule has 0 radical (unpaired) electrons. The van der Waals surface area contributed by atoms with Gasteiger partial charge in [-0.05, 0) is 77.2 Å². The van der Waals surface area contributed by atoms with Gasteiger partial charge in [0, 0.05) is 24.2 Å². The second kappa shape index (κ2) is 15.0. The number of sulfone groups is 1. The van der Waals surface area contributed by atoms with Crippen LogP contribution in [-0.4, -0.2) is 43.9 Å². The highest BCUT2D eigenvalue weighted by atomic mass is 32.2. The Morgan fingerprint density at radius 3 is 2.36 bits per heavy atom. The van der Waals surface area contributed by atoms with Gasteiger partial charge in [0.1, 0.15) is 17.3 Å². The second-order valence-electron chi connectivity index (χ2n) is 11.7. The van der Waals surface area contributed by atoms with E-state index >= 15 is 4.39 Å². The number of carbonyl (C=O) groups excluding carboxylic acids is 1. The number of aryl methyl sites for hydroxylation is 1. The van der Waals surface area contributed by atoms with E-state index in [1.54, 1.807) is 18.2 Å².